The van der Waals surface area contributed by atoms with Crippen molar-refractivity contribution in [2.75, 3.05) is 0 Å². The van der Waals surface area contributed by atoms with Crippen LogP contribution in [0.4, 0.5) is 4.39 Å². The van der Waals surface area contributed by atoms with Crippen LogP contribution in [0, 0.1) is 5.82 Å². The van der Waals surface area contributed by atoms with Gasteiger partial charge < -0.3 is 5.11 Å². The predicted molar refractivity (Wildman–Crippen MR) is 79.3 cm³/mol. The third kappa shape index (κ3) is 3.19. The SMILES string of the molecule is O=C(O)c1ccc(Sc2ccccc2Br)c(F)c1Br. The van der Waals surface area contributed by atoms with E-state index in [1.165, 1.54) is 23.9 Å². The molecule has 2 rings (SSSR count). The van der Waals surface area contributed by atoms with Gasteiger partial charge in [-0.05, 0) is 56.1 Å². The lowest BCUT2D eigenvalue weighted by molar-refractivity contribution is 0.0695. The minimum absolute atomic E-state index is 0.0305. The van der Waals surface area contributed by atoms with Crippen LogP contribution in [0.3, 0.4) is 0 Å². The summed E-state index contributed by atoms with van der Waals surface area (Å²) in [6, 6.07) is 10.3. The van der Waals surface area contributed by atoms with Gasteiger partial charge in [-0.25, -0.2) is 9.18 Å². The van der Waals surface area contributed by atoms with Crippen molar-refractivity contribution in [2.24, 2.45) is 0 Å². The van der Waals surface area contributed by atoms with Crippen LogP contribution in [0.25, 0.3) is 0 Å². The van der Waals surface area contributed by atoms with Crippen molar-refractivity contribution in [3.8, 4) is 0 Å². The molecule has 2 aromatic carbocycles. The Kier molecular flexibility index (Phi) is 4.65. The van der Waals surface area contributed by atoms with E-state index in [1.54, 1.807) is 0 Å². The third-order valence-electron chi connectivity index (χ3n) is 2.33. The Morgan fingerprint density at radius 2 is 1.79 bits per heavy atom. The molecule has 6 heteroatoms. The fraction of sp³-hybridized carbons (Fsp3) is 0. The summed E-state index contributed by atoms with van der Waals surface area (Å²) >= 11 is 7.60. The monoisotopic (exact) mass is 404 g/mol. The van der Waals surface area contributed by atoms with Gasteiger partial charge in [0.1, 0.15) is 0 Å². The van der Waals surface area contributed by atoms with Crippen LogP contribution in [0.1, 0.15) is 10.4 Å². The standard InChI is InChI=1S/C13H7Br2FO2S/c14-8-3-1-2-4-9(8)19-10-6-5-7(13(17)18)11(15)12(10)16/h1-6H,(H,17,18). The van der Waals surface area contributed by atoms with Gasteiger partial charge in [-0.15, -0.1) is 0 Å². The Morgan fingerprint density at radius 3 is 2.42 bits per heavy atom. The van der Waals surface area contributed by atoms with Crippen LogP contribution < -0.4 is 0 Å². The van der Waals surface area contributed by atoms with Gasteiger partial charge in [0.2, 0.25) is 0 Å². The number of carboxylic acids is 1. The summed E-state index contributed by atoms with van der Waals surface area (Å²) < 4.78 is 14.9. The van der Waals surface area contributed by atoms with Crippen molar-refractivity contribution < 1.29 is 14.3 Å². The van der Waals surface area contributed by atoms with Gasteiger partial charge >= 0.3 is 5.97 Å². The van der Waals surface area contributed by atoms with E-state index >= 15 is 0 Å². The van der Waals surface area contributed by atoms with Crippen LogP contribution >= 0.6 is 43.6 Å². The van der Waals surface area contributed by atoms with Crippen molar-refractivity contribution in [1.82, 2.24) is 0 Å². The van der Waals surface area contributed by atoms with Crippen molar-refractivity contribution in [1.29, 1.82) is 0 Å². The normalized spacial score (nSPS) is 10.5. The number of carboxylic acid groups (broad SMARTS) is 1. The van der Waals surface area contributed by atoms with E-state index in [0.29, 0.717) is 4.90 Å². The Bertz CT molecular complexity index is 647. The van der Waals surface area contributed by atoms with Crippen LogP contribution in [0.15, 0.2) is 55.1 Å². The lowest BCUT2D eigenvalue weighted by Crippen LogP contribution is -2.00. The molecule has 0 aliphatic rings. The second-order valence-corrected chi connectivity index (χ2v) is 6.31. The molecule has 0 aliphatic carbocycles. The van der Waals surface area contributed by atoms with E-state index in [9.17, 15) is 9.18 Å². The van der Waals surface area contributed by atoms with Gasteiger partial charge in [0, 0.05) is 14.3 Å². The highest BCUT2D eigenvalue weighted by Crippen LogP contribution is 2.37. The lowest BCUT2D eigenvalue weighted by atomic mass is 10.2. The van der Waals surface area contributed by atoms with E-state index in [-0.39, 0.29) is 10.0 Å². The number of rotatable bonds is 3. The Morgan fingerprint density at radius 1 is 1.11 bits per heavy atom. The van der Waals surface area contributed by atoms with Crippen LogP contribution in [0.5, 0.6) is 0 Å². The summed E-state index contributed by atoms with van der Waals surface area (Å²) in [6.07, 6.45) is 0. The second kappa shape index (κ2) is 6.07. The van der Waals surface area contributed by atoms with Gasteiger partial charge in [-0.2, -0.15) is 0 Å². The smallest absolute Gasteiger partial charge is 0.336 e. The van der Waals surface area contributed by atoms with Crippen LogP contribution in [0.2, 0.25) is 0 Å². The number of benzene rings is 2. The van der Waals surface area contributed by atoms with Crippen LogP contribution in [-0.2, 0) is 0 Å². The van der Waals surface area contributed by atoms with Crippen LogP contribution in [-0.4, -0.2) is 11.1 Å². The highest BCUT2D eigenvalue weighted by molar-refractivity contribution is 9.10. The van der Waals surface area contributed by atoms with Crippen molar-refractivity contribution in [3.05, 3.63) is 56.7 Å². The molecule has 0 atom stereocenters. The van der Waals surface area contributed by atoms with E-state index in [0.717, 1.165) is 9.37 Å². The summed E-state index contributed by atoms with van der Waals surface area (Å²) in [5.74, 6) is -1.73. The molecule has 0 heterocycles. The average Bonchev–Trinajstić information content (AvgIpc) is 2.37. The zero-order chi connectivity index (χ0) is 14.0. The van der Waals surface area contributed by atoms with Gasteiger partial charge in [0.15, 0.2) is 5.82 Å². The van der Waals surface area contributed by atoms with Crippen molar-refractivity contribution >= 4 is 49.6 Å². The molecule has 0 amide bonds. The summed E-state index contributed by atoms with van der Waals surface area (Å²) in [4.78, 5) is 12.1. The minimum atomic E-state index is -1.16. The summed E-state index contributed by atoms with van der Waals surface area (Å²) in [5, 5.41) is 8.90. The Labute approximate surface area is 130 Å². The van der Waals surface area contributed by atoms with E-state index in [2.05, 4.69) is 31.9 Å². The van der Waals surface area contributed by atoms with Gasteiger partial charge in [0.25, 0.3) is 0 Å². The highest BCUT2D eigenvalue weighted by atomic mass is 79.9. The molecular weight excluding hydrogens is 399 g/mol. The minimum Gasteiger partial charge on any atom is -0.478 e. The number of halogens is 3. The maximum atomic E-state index is 14.1. The maximum Gasteiger partial charge on any atom is 0.336 e. The molecule has 0 saturated heterocycles. The average molecular weight is 406 g/mol. The molecular formula is C13H7Br2FO2S. The lowest BCUT2D eigenvalue weighted by Gasteiger charge is -2.08. The molecule has 0 radical (unpaired) electrons. The zero-order valence-electron chi connectivity index (χ0n) is 9.36. The first-order chi connectivity index (χ1) is 9.00. The number of hydrogen-bond donors (Lipinski definition) is 1. The van der Waals surface area contributed by atoms with E-state index in [4.69, 9.17) is 5.11 Å². The quantitative estimate of drug-likeness (QED) is 0.762. The topological polar surface area (TPSA) is 37.3 Å². The first kappa shape index (κ1) is 14.6. The summed E-state index contributed by atoms with van der Waals surface area (Å²) in [5.41, 5.74) is -0.0889. The summed E-state index contributed by atoms with van der Waals surface area (Å²) in [7, 11) is 0. The fourth-order valence-corrected chi connectivity index (χ4v) is 3.47. The first-order valence-electron chi connectivity index (χ1n) is 5.14. The molecule has 0 aliphatic heterocycles. The zero-order valence-corrected chi connectivity index (χ0v) is 13.4. The Balaban J connectivity index is 2.40. The summed E-state index contributed by atoms with van der Waals surface area (Å²) in [6.45, 7) is 0. The third-order valence-corrected chi connectivity index (χ3v) is 5.17. The first-order valence-corrected chi connectivity index (χ1v) is 7.54. The molecule has 1 N–H and O–H groups in total. The maximum absolute atomic E-state index is 14.1. The van der Waals surface area contributed by atoms with Gasteiger partial charge in [0.05, 0.1) is 10.0 Å². The molecule has 0 fully saturated rings. The van der Waals surface area contributed by atoms with Gasteiger partial charge in [-0.3, -0.25) is 0 Å². The predicted octanol–water partition coefficient (Wildman–Crippen LogP) is 5.20. The largest absolute Gasteiger partial charge is 0.478 e. The highest BCUT2D eigenvalue weighted by Gasteiger charge is 2.16. The fourth-order valence-electron chi connectivity index (χ4n) is 1.42. The van der Waals surface area contributed by atoms with Crippen molar-refractivity contribution in [2.45, 2.75) is 9.79 Å². The molecule has 0 saturated carbocycles. The molecule has 0 bridgehead atoms. The Hall–Kier alpha value is -0.850. The second-order valence-electron chi connectivity index (χ2n) is 3.58. The molecule has 2 nitrogen and oxygen atoms in total. The van der Waals surface area contributed by atoms with Gasteiger partial charge in [-0.1, -0.05) is 23.9 Å². The molecule has 98 valence electrons. The molecule has 0 unspecified atom stereocenters. The van der Waals surface area contributed by atoms with Crippen molar-refractivity contribution in [3.63, 3.8) is 0 Å². The van der Waals surface area contributed by atoms with E-state index < -0.39 is 11.8 Å². The molecule has 2 aromatic rings. The molecule has 0 aromatic heterocycles. The number of carbonyl (C=O) groups is 1. The van der Waals surface area contributed by atoms with E-state index in [1.807, 2.05) is 24.3 Å². The number of hydrogen-bond acceptors (Lipinski definition) is 2. The molecule has 0 spiro atoms. The molecule has 19 heavy (non-hydrogen) atoms. The number of aromatic carboxylic acids is 1.